The number of fused-ring (bicyclic) bond motifs is 2. The van der Waals surface area contributed by atoms with Crippen LogP contribution in [0.25, 0.3) is 32.7 Å². The van der Waals surface area contributed by atoms with Crippen LogP contribution in [-0.2, 0) is 0 Å². The monoisotopic (exact) mass is 548 g/mol. The molecule has 0 spiro atoms. The second-order valence-corrected chi connectivity index (χ2v) is 9.68. The van der Waals surface area contributed by atoms with Gasteiger partial charge < -0.3 is 31.2 Å². The Balaban J connectivity index is 1.69. The molecule has 0 amide bonds. The van der Waals surface area contributed by atoms with E-state index in [1.807, 2.05) is 60.7 Å². The zero-order valence-corrected chi connectivity index (χ0v) is 22.3. The molecule has 0 unspecified atom stereocenters. The predicted molar refractivity (Wildman–Crippen MR) is 168 cm³/mol. The van der Waals surface area contributed by atoms with Gasteiger partial charge in [-0.15, -0.1) is 12.8 Å². The molecule has 202 valence electrons. The number of ether oxygens (including phenoxy) is 2. The van der Waals surface area contributed by atoms with Crippen LogP contribution in [0.2, 0.25) is 0 Å². The Kier molecular flexibility index (Phi) is 6.43. The van der Waals surface area contributed by atoms with Crippen molar-refractivity contribution in [2.75, 3.05) is 11.5 Å². The maximum absolute atomic E-state index is 10.3. The van der Waals surface area contributed by atoms with Crippen molar-refractivity contribution >= 4 is 32.9 Å². The largest absolute Gasteiger partial charge is 0.506 e. The Labute approximate surface area is 242 Å². The van der Waals surface area contributed by atoms with Crippen molar-refractivity contribution in [1.82, 2.24) is 0 Å². The number of benzene rings is 6. The molecule has 0 heterocycles. The van der Waals surface area contributed by atoms with Crippen LogP contribution in [0.1, 0.15) is 11.1 Å². The Morgan fingerprint density at radius 1 is 0.524 bits per heavy atom. The summed E-state index contributed by atoms with van der Waals surface area (Å²) >= 11 is 0. The van der Waals surface area contributed by atoms with E-state index in [0.717, 1.165) is 21.5 Å². The van der Waals surface area contributed by atoms with Crippen molar-refractivity contribution in [2.24, 2.45) is 0 Å². The van der Waals surface area contributed by atoms with Gasteiger partial charge in [-0.2, -0.15) is 0 Å². The van der Waals surface area contributed by atoms with Gasteiger partial charge in [0.05, 0.1) is 11.4 Å². The number of terminal acetylenes is 2. The number of phenolic OH excluding ortho intramolecular Hbond substituents is 2. The molecule has 6 N–H and O–H groups in total. The van der Waals surface area contributed by atoms with Gasteiger partial charge in [0, 0.05) is 34.4 Å². The van der Waals surface area contributed by atoms with Gasteiger partial charge in [-0.05, 0) is 82.2 Å². The molecule has 6 rings (SSSR count). The Hall–Kier alpha value is -6.24. The lowest BCUT2D eigenvalue weighted by Crippen LogP contribution is -1.96. The van der Waals surface area contributed by atoms with Crippen LogP contribution >= 0.6 is 0 Å². The molecular formula is C36H24N2O4. The SMILES string of the molecule is C#Cc1ccc2ccc(Oc3ccc(N)c(O)c3)c(-c3c(Oc4ccc(N)c(O)c4)ccc4ccc(C#C)cc34)c2c1. The van der Waals surface area contributed by atoms with Gasteiger partial charge in [0.2, 0.25) is 0 Å². The number of hydrogen-bond acceptors (Lipinski definition) is 6. The first-order valence-electron chi connectivity index (χ1n) is 12.9. The van der Waals surface area contributed by atoms with E-state index < -0.39 is 0 Å². The number of phenols is 2. The zero-order valence-electron chi connectivity index (χ0n) is 22.3. The predicted octanol–water partition coefficient (Wildman–Crippen LogP) is 7.78. The minimum atomic E-state index is -0.0968. The summed E-state index contributed by atoms with van der Waals surface area (Å²) in [5, 5.41) is 24.0. The van der Waals surface area contributed by atoms with Crippen molar-refractivity contribution in [2.45, 2.75) is 0 Å². The summed E-state index contributed by atoms with van der Waals surface area (Å²) in [6.07, 6.45) is 11.6. The first-order chi connectivity index (χ1) is 20.3. The van der Waals surface area contributed by atoms with Crippen molar-refractivity contribution < 1.29 is 19.7 Å². The van der Waals surface area contributed by atoms with Crippen molar-refractivity contribution in [3.05, 3.63) is 108 Å². The van der Waals surface area contributed by atoms with Crippen molar-refractivity contribution in [1.29, 1.82) is 0 Å². The van der Waals surface area contributed by atoms with Crippen molar-refractivity contribution in [3.63, 3.8) is 0 Å². The van der Waals surface area contributed by atoms with Crippen LogP contribution in [-0.4, -0.2) is 10.2 Å². The van der Waals surface area contributed by atoms with E-state index >= 15 is 0 Å². The highest BCUT2D eigenvalue weighted by Gasteiger charge is 2.21. The topological polar surface area (TPSA) is 111 Å². The highest BCUT2D eigenvalue weighted by atomic mass is 16.5. The standard InChI is InChI=1S/C36H24N2O4/c1-3-21-5-7-23-9-15-33(41-25-11-13-29(37)31(39)19-25)35(27(23)17-21)36-28-18-22(4-2)6-8-24(28)10-16-34(36)42-26-12-14-30(38)32(40)20-26/h1-2,5-20,39-40H,37-38H2. The van der Waals surface area contributed by atoms with Gasteiger partial charge in [0.15, 0.2) is 0 Å². The van der Waals surface area contributed by atoms with Gasteiger partial charge in [0.25, 0.3) is 0 Å². The molecule has 6 heteroatoms. The molecule has 6 aromatic rings. The zero-order chi connectivity index (χ0) is 29.4. The molecule has 0 aromatic heterocycles. The molecule has 42 heavy (non-hydrogen) atoms. The molecule has 0 fully saturated rings. The van der Waals surface area contributed by atoms with E-state index in [2.05, 4.69) is 11.8 Å². The average Bonchev–Trinajstić information content (AvgIpc) is 3.00. The number of anilines is 2. The van der Waals surface area contributed by atoms with Gasteiger partial charge in [-0.1, -0.05) is 36.1 Å². The number of rotatable bonds is 5. The Bertz CT molecular complexity index is 1970. The summed E-state index contributed by atoms with van der Waals surface area (Å²) in [5.74, 6) is 6.95. The molecule has 6 aromatic carbocycles. The third kappa shape index (κ3) is 4.70. The normalized spacial score (nSPS) is 10.7. The fourth-order valence-corrected chi connectivity index (χ4v) is 4.89. The van der Waals surface area contributed by atoms with E-state index in [0.29, 0.717) is 45.3 Å². The number of hydrogen-bond donors (Lipinski definition) is 4. The van der Waals surface area contributed by atoms with Gasteiger partial charge in [-0.3, -0.25) is 0 Å². The molecule has 0 atom stereocenters. The smallest absolute Gasteiger partial charge is 0.142 e. The van der Waals surface area contributed by atoms with E-state index in [4.69, 9.17) is 33.8 Å². The summed E-state index contributed by atoms with van der Waals surface area (Å²) in [7, 11) is 0. The number of aromatic hydroxyl groups is 2. The van der Waals surface area contributed by atoms with Crippen LogP contribution < -0.4 is 20.9 Å². The van der Waals surface area contributed by atoms with E-state index in [1.165, 1.54) is 12.1 Å². The minimum absolute atomic E-state index is 0.0968. The Morgan fingerprint density at radius 2 is 0.929 bits per heavy atom. The number of nitrogens with two attached hydrogens (primary N) is 2. The van der Waals surface area contributed by atoms with Crippen molar-refractivity contribution in [3.8, 4) is 70.3 Å². The fourth-order valence-electron chi connectivity index (χ4n) is 4.89. The fraction of sp³-hybridized carbons (Fsp3) is 0. The minimum Gasteiger partial charge on any atom is -0.506 e. The van der Waals surface area contributed by atoms with Crippen LogP contribution in [0.4, 0.5) is 11.4 Å². The van der Waals surface area contributed by atoms with Crippen LogP contribution in [0.3, 0.4) is 0 Å². The maximum Gasteiger partial charge on any atom is 0.142 e. The summed E-state index contributed by atoms with van der Waals surface area (Å²) in [6, 6.07) is 28.4. The lowest BCUT2D eigenvalue weighted by Gasteiger charge is -2.20. The number of nitrogen functional groups attached to an aromatic ring is 2. The quantitative estimate of drug-likeness (QED) is 0.0994. The summed E-state index contributed by atoms with van der Waals surface area (Å²) < 4.78 is 12.8. The molecule has 0 aliphatic carbocycles. The summed E-state index contributed by atoms with van der Waals surface area (Å²) in [6.45, 7) is 0. The maximum atomic E-state index is 10.3. The van der Waals surface area contributed by atoms with Gasteiger partial charge >= 0.3 is 0 Å². The molecule has 0 aliphatic heterocycles. The third-order valence-electron chi connectivity index (χ3n) is 7.01. The van der Waals surface area contributed by atoms with E-state index in [9.17, 15) is 10.2 Å². The molecule has 0 radical (unpaired) electrons. The first kappa shape index (κ1) is 26.0. The lowest BCUT2D eigenvalue weighted by atomic mass is 9.90. The van der Waals surface area contributed by atoms with E-state index in [-0.39, 0.29) is 22.9 Å². The highest BCUT2D eigenvalue weighted by Crippen LogP contribution is 2.48. The first-order valence-corrected chi connectivity index (χ1v) is 12.9. The molecular weight excluding hydrogens is 524 g/mol. The lowest BCUT2D eigenvalue weighted by molar-refractivity contribution is 0.454. The van der Waals surface area contributed by atoms with Gasteiger partial charge in [0.1, 0.15) is 34.5 Å². The molecule has 6 nitrogen and oxygen atoms in total. The second-order valence-electron chi connectivity index (χ2n) is 9.68. The summed E-state index contributed by atoms with van der Waals surface area (Å²) in [4.78, 5) is 0. The van der Waals surface area contributed by atoms with E-state index in [1.54, 1.807) is 24.3 Å². The van der Waals surface area contributed by atoms with Crippen LogP contribution in [0.5, 0.6) is 34.5 Å². The van der Waals surface area contributed by atoms with Gasteiger partial charge in [-0.25, -0.2) is 0 Å². The molecule has 0 saturated heterocycles. The highest BCUT2D eigenvalue weighted by molar-refractivity contribution is 6.10. The molecule has 0 bridgehead atoms. The third-order valence-corrected chi connectivity index (χ3v) is 7.01. The Morgan fingerprint density at radius 3 is 1.31 bits per heavy atom. The molecule has 0 aliphatic rings. The average molecular weight is 549 g/mol. The summed E-state index contributed by atoms with van der Waals surface area (Å²) in [5.41, 5.74) is 14.9. The van der Waals surface area contributed by atoms with Crippen LogP contribution in [0.15, 0.2) is 97.1 Å². The molecule has 0 saturated carbocycles. The van der Waals surface area contributed by atoms with Crippen LogP contribution in [0, 0.1) is 24.7 Å². The second kappa shape index (κ2) is 10.4.